The third-order valence-corrected chi connectivity index (χ3v) is 3.25. The zero-order valence-electron chi connectivity index (χ0n) is 9.51. The molecule has 1 heterocycles. The van der Waals surface area contributed by atoms with Crippen molar-refractivity contribution in [1.82, 2.24) is 4.90 Å². The molecule has 0 aliphatic carbocycles. The van der Waals surface area contributed by atoms with Crippen molar-refractivity contribution in [3.8, 4) is 0 Å². The lowest BCUT2D eigenvalue weighted by Crippen LogP contribution is -2.33. The number of hydrogen-bond donors (Lipinski definition) is 0. The van der Waals surface area contributed by atoms with Crippen molar-refractivity contribution in [2.24, 2.45) is 0 Å². The van der Waals surface area contributed by atoms with E-state index in [0.717, 1.165) is 25.9 Å². The van der Waals surface area contributed by atoms with E-state index in [0.29, 0.717) is 18.2 Å². The third kappa shape index (κ3) is 5.41. The monoisotopic (exact) mass is 231 g/mol. The molecule has 88 valence electrons. The number of halogens is 1. The molecule has 1 amide bonds. The second-order valence-corrected chi connectivity index (χ2v) is 4.67. The average Bonchev–Trinajstić information content (AvgIpc) is 2.17. The van der Waals surface area contributed by atoms with Crippen LogP contribution in [0, 0.1) is 0 Å². The molecule has 1 fully saturated rings. The first-order chi connectivity index (χ1) is 7.34. The molecular weight excluding hydrogens is 210 g/mol. The van der Waals surface area contributed by atoms with Gasteiger partial charge in [-0.2, -0.15) is 0 Å². The lowest BCUT2D eigenvalue weighted by Gasteiger charge is -2.24. The van der Waals surface area contributed by atoms with E-state index < -0.39 is 0 Å². The van der Waals surface area contributed by atoms with Gasteiger partial charge in [0.15, 0.2) is 0 Å². The molecule has 0 bridgehead atoms. The Hall–Kier alpha value is -0.240. The van der Waals surface area contributed by atoms with E-state index >= 15 is 0 Å². The predicted molar refractivity (Wildman–Crippen MR) is 64.2 cm³/mol. The Bertz CT molecular complexity index is 176. The van der Waals surface area contributed by atoms with Crippen LogP contribution in [0.25, 0.3) is 0 Å². The molecule has 0 atom stereocenters. The van der Waals surface area contributed by atoms with Crippen LogP contribution in [-0.2, 0) is 4.79 Å². The highest BCUT2D eigenvalue weighted by atomic mass is 35.5. The summed E-state index contributed by atoms with van der Waals surface area (Å²) in [5.41, 5.74) is 0. The number of carbonyl (C=O) groups is 1. The first-order valence-electron chi connectivity index (χ1n) is 6.18. The largest absolute Gasteiger partial charge is 0.343 e. The maximum atomic E-state index is 11.8. The van der Waals surface area contributed by atoms with E-state index in [2.05, 4.69) is 0 Å². The lowest BCUT2D eigenvalue weighted by atomic mass is 10.1. The molecule has 0 aromatic rings. The van der Waals surface area contributed by atoms with E-state index in [9.17, 15) is 4.79 Å². The summed E-state index contributed by atoms with van der Waals surface area (Å²) < 4.78 is 0. The lowest BCUT2D eigenvalue weighted by molar-refractivity contribution is -0.131. The number of alkyl halides is 1. The van der Waals surface area contributed by atoms with E-state index in [1.807, 2.05) is 4.90 Å². The molecule has 3 heteroatoms. The van der Waals surface area contributed by atoms with Crippen molar-refractivity contribution in [2.45, 2.75) is 51.4 Å². The van der Waals surface area contributed by atoms with Crippen LogP contribution in [0.1, 0.15) is 51.4 Å². The molecule has 0 N–H and O–H groups in total. The molecule has 0 saturated carbocycles. The van der Waals surface area contributed by atoms with E-state index in [4.69, 9.17) is 11.6 Å². The van der Waals surface area contributed by atoms with Gasteiger partial charge in [0, 0.05) is 25.4 Å². The molecular formula is C12H22ClNO. The SMILES string of the molecule is O=C(CCCCCl)N1CCCCCCC1. The van der Waals surface area contributed by atoms with Gasteiger partial charge in [0.2, 0.25) is 5.91 Å². The Morgan fingerprint density at radius 2 is 1.60 bits per heavy atom. The molecule has 2 nitrogen and oxygen atoms in total. The summed E-state index contributed by atoms with van der Waals surface area (Å²) in [5, 5.41) is 0. The normalized spacial score (nSPS) is 18.3. The van der Waals surface area contributed by atoms with E-state index in [-0.39, 0.29) is 0 Å². The molecule has 0 aromatic heterocycles. The smallest absolute Gasteiger partial charge is 0.222 e. The van der Waals surface area contributed by atoms with Crippen molar-refractivity contribution < 1.29 is 4.79 Å². The highest BCUT2D eigenvalue weighted by molar-refractivity contribution is 6.17. The summed E-state index contributed by atoms with van der Waals surface area (Å²) >= 11 is 5.59. The number of unbranched alkanes of at least 4 members (excludes halogenated alkanes) is 1. The summed E-state index contributed by atoms with van der Waals surface area (Å²) in [6, 6.07) is 0. The standard InChI is InChI=1S/C12H22ClNO/c13-9-5-4-8-12(15)14-10-6-2-1-3-7-11-14/h1-11H2. The van der Waals surface area contributed by atoms with Gasteiger partial charge in [-0.3, -0.25) is 4.79 Å². The van der Waals surface area contributed by atoms with Gasteiger partial charge in [-0.25, -0.2) is 0 Å². The first-order valence-corrected chi connectivity index (χ1v) is 6.72. The van der Waals surface area contributed by atoms with Gasteiger partial charge in [-0.05, 0) is 25.7 Å². The van der Waals surface area contributed by atoms with Crippen LogP contribution < -0.4 is 0 Å². The minimum Gasteiger partial charge on any atom is -0.343 e. The zero-order valence-corrected chi connectivity index (χ0v) is 10.3. The topological polar surface area (TPSA) is 20.3 Å². The zero-order chi connectivity index (χ0) is 10.9. The Kier molecular flexibility index (Phi) is 6.82. The number of nitrogens with zero attached hydrogens (tertiary/aromatic N) is 1. The summed E-state index contributed by atoms with van der Waals surface area (Å²) in [6.45, 7) is 1.94. The minimum atomic E-state index is 0.335. The Balaban J connectivity index is 2.22. The Morgan fingerprint density at radius 3 is 2.20 bits per heavy atom. The van der Waals surface area contributed by atoms with Crippen LogP contribution in [0.15, 0.2) is 0 Å². The minimum absolute atomic E-state index is 0.335. The predicted octanol–water partition coefficient (Wildman–Crippen LogP) is 3.19. The number of carbonyl (C=O) groups excluding carboxylic acids is 1. The molecule has 0 spiro atoms. The van der Waals surface area contributed by atoms with E-state index in [1.165, 1.54) is 32.1 Å². The number of hydrogen-bond acceptors (Lipinski definition) is 1. The fourth-order valence-electron chi connectivity index (χ4n) is 2.03. The Morgan fingerprint density at radius 1 is 1.00 bits per heavy atom. The molecule has 1 saturated heterocycles. The summed E-state index contributed by atoms with van der Waals surface area (Å²) in [6.07, 6.45) is 8.86. The molecule has 15 heavy (non-hydrogen) atoms. The van der Waals surface area contributed by atoms with Gasteiger partial charge in [0.05, 0.1) is 0 Å². The fraction of sp³-hybridized carbons (Fsp3) is 0.917. The highest BCUT2D eigenvalue weighted by Crippen LogP contribution is 2.12. The number of amides is 1. The summed E-state index contributed by atoms with van der Waals surface area (Å²) in [4.78, 5) is 13.9. The maximum absolute atomic E-state index is 11.8. The van der Waals surface area contributed by atoms with Crippen molar-refractivity contribution >= 4 is 17.5 Å². The second kappa shape index (κ2) is 7.98. The maximum Gasteiger partial charge on any atom is 0.222 e. The van der Waals surface area contributed by atoms with Gasteiger partial charge in [-0.1, -0.05) is 19.3 Å². The fourth-order valence-corrected chi connectivity index (χ4v) is 2.21. The van der Waals surface area contributed by atoms with Crippen LogP contribution in [0.3, 0.4) is 0 Å². The van der Waals surface area contributed by atoms with Crippen LogP contribution in [0.2, 0.25) is 0 Å². The van der Waals surface area contributed by atoms with E-state index in [1.54, 1.807) is 0 Å². The van der Waals surface area contributed by atoms with Crippen molar-refractivity contribution in [3.05, 3.63) is 0 Å². The van der Waals surface area contributed by atoms with Gasteiger partial charge < -0.3 is 4.90 Å². The number of likely N-dealkylation sites (tertiary alicyclic amines) is 1. The van der Waals surface area contributed by atoms with Gasteiger partial charge in [0.1, 0.15) is 0 Å². The highest BCUT2D eigenvalue weighted by Gasteiger charge is 2.13. The van der Waals surface area contributed by atoms with Crippen LogP contribution in [0.4, 0.5) is 0 Å². The second-order valence-electron chi connectivity index (χ2n) is 4.29. The quantitative estimate of drug-likeness (QED) is 0.538. The summed E-state index contributed by atoms with van der Waals surface area (Å²) in [7, 11) is 0. The summed E-state index contributed by atoms with van der Waals surface area (Å²) in [5.74, 6) is 1.01. The van der Waals surface area contributed by atoms with Crippen molar-refractivity contribution in [1.29, 1.82) is 0 Å². The molecule has 1 rings (SSSR count). The van der Waals surface area contributed by atoms with Crippen LogP contribution in [-0.4, -0.2) is 29.8 Å². The van der Waals surface area contributed by atoms with Gasteiger partial charge in [-0.15, -0.1) is 11.6 Å². The number of rotatable bonds is 4. The third-order valence-electron chi connectivity index (χ3n) is 2.98. The first kappa shape index (κ1) is 12.8. The van der Waals surface area contributed by atoms with Gasteiger partial charge >= 0.3 is 0 Å². The van der Waals surface area contributed by atoms with Gasteiger partial charge in [0.25, 0.3) is 0 Å². The van der Waals surface area contributed by atoms with Crippen LogP contribution in [0.5, 0.6) is 0 Å². The molecule has 0 aromatic carbocycles. The van der Waals surface area contributed by atoms with Crippen molar-refractivity contribution in [2.75, 3.05) is 19.0 Å². The average molecular weight is 232 g/mol. The molecule has 1 aliphatic heterocycles. The molecule has 1 aliphatic rings. The molecule has 0 unspecified atom stereocenters. The van der Waals surface area contributed by atoms with Crippen LogP contribution >= 0.6 is 11.6 Å². The molecule has 0 radical (unpaired) electrons. The van der Waals surface area contributed by atoms with Crippen molar-refractivity contribution in [3.63, 3.8) is 0 Å². The Labute approximate surface area is 98.0 Å².